The molecule has 0 spiro atoms. The van der Waals surface area contributed by atoms with Crippen LogP contribution in [0.2, 0.25) is 10.0 Å². The number of halogens is 3. The van der Waals surface area contributed by atoms with Crippen LogP contribution in [0.1, 0.15) is 5.69 Å². The van der Waals surface area contributed by atoms with Gasteiger partial charge in [-0.3, -0.25) is 4.98 Å². The van der Waals surface area contributed by atoms with Crippen LogP contribution in [0.15, 0.2) is 36.5 Å². The number of benzene rings is 1. The van der Waals surface area contributed by atoms with Gasteiger partial charge in [0.1, 0.15) is 11.5 Å². The van der Waals surface area contributed by atoms with E-state index in [9.17, 15) is 0 Å². The van der Waals surface area contributed by atoms with Crippen LogP contribution in [0.5, 0.6) is 11.5 Å². The Bertz CT molecular complexity index is 531. The normalized spacial score (nSPS) is 10.3. The standard InChI is InChI=1S/C12H8Cl3NO/c13-7-8-5-10(3-4-16-8)17-9-1-2-11(14)12(15)6-9/h1-6H,7H2. The summed E-state index contributed by atoms with van der Waals surface area (Å²) in [7, 11) is 0. The maximum absolute atomic E-state index is 5.89. The van der Waals surface area contributed by atoms with Gasteiger partial charge in [0.15, 0.2) is 0 Å². The Labute approximate surface area is 114 Å². The molecule has 1 aromatic heterocycles. The SMILES string of the molecule is ClCc1cc(Oc2ccc(Cl)c(Cl)c2)ccn1. The van der Waals surface area contributed by atoms with Crippen LogP contribution in [0.25, 0.3) is 0 Å². The van der Waals surface area contributed by atoms with E-state index in [0.29, 0.717) is 27.4 Å². The highest BCUT2D eigenvalue weighted by Gasteiger charge is 2.02. The smallest absolute Gasteiger partial charge is 0.130 e. The molecule has 0 radical (unpaired) electrons. The Morgan fingerprint density at radius 2 is 1.76 bits per heavy atom. The summed E-state index contributed by atoms with van der Waals surface area (Å²) < 4.78 is 5.61. The lowest BCUT2D eigenvalue weighted by molar-refractivity contribution is 0.481. The van der Waals surface area contributed by atoms with Crippen molar-refractivity contribution in [3.63, 3.8) is 0 Å². The van der Waals surface area contributed by atoms with Crippen molar-refractivity contribution < 1.29 is 4.74 Å². The van der Waals surface area contributed by atoms with Crippen LogP contribution in [-0.2, 0) is 5.88 Å². The van der Waals surface area contributed by atoms with E-state index in [0.717, 1.165) is 5.69 Å². The fourth-order valence-corrected chi connectivity index (χ4v) is 1.70. The number of aromatic nitrogens is 1. The van der Waals surface area contributed by atoms with Gasteiger partial charge in [0.2, 0.25) is 0 Å². The van der Waals surface area contributed by atoms with Gasteiger partial charge in [0.05, 0.1) is 21.6 Å². The summed E-state index contributed by atoms with van der Waals surface area (Å²) in [6, 6.07) is 8.61. The quantitative estimate of drug-likeness (QED) is 0.748. The molecule has 1 aromatic carbocycles. The minimum atomic E-state index is 0.346. The van der Waals surface area contributed by atoms with Crippen LogP contribution in [0, 0.1) is 0 Å². The van der Waals surface area contributed by atoms with Gasteiger partial charge in [0.25, 0.3) is 0 Å². The monoisotopic (exact) mass is 287 g/mol. The summed E-state index contributed by atoms with van der Waals surface area (Å²) in [5, 5.41) is 0.950. The lowest BCUT2D eigenvalue weighted by Gasteiger charge is -2.07. The van der Waals surface area contributed by atoms with Crippen LogP contribution in [0.4, 0.5) is 0 Å². The molecule has 1 heterocycles. The molecule has 0 aliphatic carbocycles. The lowest BCUT2D eigenvalue weighted by Crippen LogP contribution is -1.88. The van der Waals surface area contributed by atoms with Gasteiger partial charge >= 0.3 is 0 Å². The Morgan fingerprint density at radius 3 is 2.47 bits per heavy atom. The topological polar surface area (TPSA) is 22.1 Å². The van der Waals surface area contributed by atoms with Crippen molar-refractivity contribution >= 4 is 34.8 Å². The molecule has 0 unspecified atom stereocenters. The van der Waals surface area contributed by atoms with E-state index in [2.05, 4.69) is 4.98 Å². The molecule has 2 rings (SSSR count). The molecule has 0 N–H and O–H groups in total. The van der Waals surface area contributed by atoms with Gasteiger partial charge in [-0.1, -0.05) is 23.2 Å². The van der Waals surface area contributed by atoms with E-state index >= 15 is 0 Å². The van der Waals surface area contributed by atoms with Crippen molar-refractivity contribution in [3.8, 4) is 11.5 Å². The van der Waals surface area contributed by atoms with E-state index in [1.165, 1.54) is 0 Å². The number of rotatable bonds is 3. The zero-order valence-corrected chi connectivity index (χ0v) is 10.9. The molecule has 17 heavy (non-hydrogen) atoms. The van der Waals surface area contributed by atoms with Crippen molar-refractivity contribution in [2.24, 2.45) is 0 Å². The molecule has 0 saturated carbocycles. The number of hydrogen-bond donors (Lipinski definition) is 0. The zero-order chi connectivity index (χ0) is 12.3. The van der Waals surface area contributed by atoms with Crippen molar-refractivity contribution in [1.29, 1.82) is 0 Å². The lowest BCUT2D eigenvalue weighted by atomic mass is 10.3. The fourth-order valence-electron chi connectivity index (χ4n) is 1.27. The Hall–Kier alpha value is -0.960. The van der Waals surface area contributed by atoms with Crippen molar-refractivity contribution in [2.45, 2.75) is 5.88 Å². The van der Waals surface area contributed by atoms with Gasteiger partial charge in [-0.05, 0) is 18.2 Å². The predicted molar refractivity (Wildman–Crippen MR) is 70.3 cm³/mol. The summed E-state index contributed by atoms with van der Waals surface area (Å²) in [5.74, 6) is 1.62. The van der Waals surface area contributed by atoms with E-state index in [1.54, 1.807) is 36.5 Å². The largest absolute Gasteiger partial charge is 0.457 e. The third-order valence-electron chi connectivity index (χ3n) is 2.05. The highest BCUT2D eigenvalue weighted by atomic mass is 35.5. The molecule has 0 aliphatic rings. The molecule has 88 valence electrons. The molecule has 0 atom stereocenters. The summed E-state index contributed by atoms with van der Waals surface area (Å²) in [6.07, 6.45) is 1.64. The van der Waals surface area contributed by atoms with Crippen LogP contribution < -0.4 is 4.74 Å². The number of nitrogens with zero attached hydrogens (tertiary/aromatic N) is 1. The summed E-state index contributed by atoms with van der Waals surface area (Å²) in [4.78, 5) is 4.07. The Kier molecular flexibility index (Phi) is 4.11. The molecule has 5 heteroatoms. The maximum Gasteiger partial charge on any atom is 0.130 e. The minimum absolute atomic E-state index is 0.346. The number of ether oxygens (including phenoxy) is 1. The van der Waals surface area contributed by atoms with Crippen molar-refractivity contribution in [1.82, 2.24) is 4.98 Å². The van der Waals surface area contributed by atoms with Gasteiger partial charge in [-0.25, -0.2) is 0 Å². The number of pyridine rings is 1. The van der Waals surface area contributed by atoms with Gasteiger partial charge in [-0.2, -0.15) is 0 Å². The van der Waals surface area contributed by atoms with Gasteiger partial charge < -0.3 is 4.74 Å². The predicted octanol–water partition coefficient (Wildman–Crippen LogP) is 4.92. The first kappa shape index (κ1) is 12.5. The fraction of sp³-hybridized carbons (Fsp3) is 0.0833. The Morgan fingerprint density at radius 1 is 1.00 bits per heavy atom. The van der Waals surface area contributed by atoms with E-state index in [1.807, 2.05) is 0 Å². The highest BCUT2D eigenvalue weighted by molar-refractivity contribution is 6.42. The van der Waals surface area contributed by atoms with E-state index < -0.39 is 0 Å². The van der Waals surface area contributed by atoms with Crippen LogP contribution in [0.3, 0.4) is 0 Å². The average molecular weight is 289 g/mol. The van der Waals surface area contributed by atoms with Gasteiger partial charge in [-0.15, -0.1) is 11.6 Å². The molecule has 0 fully saturated rings. The van der Waals surface area contributed by atoms with E-state index in [-0.39, 0.29) is 0 Å². The summed E-state index contributed by atoms with van der Waals surface area (Å²) in [5.41, 5.74) is 0.754. The van der Waals surface area contributed by atoms with Crippen LogP contribution in [-0.4, -0.2) is 4.98 Å². The maximum atomic E-state index is 5.89. The summed E-state index contributed by atoms with van der Waals surface area (Å²) in [6.45, 7) is 0. The first-order chi connectivity index (χ1) is 8.19. The molecule has 0 aliphatic heterocycles. The van der Waals surface area contributed by atoms with Gasteiger partial charge in [0, 0.05) is 18.3 Å². The average Bonchev–Trinajstić information content (AvgIpc) is 2.34. The second-order valence-electron chi connectivity index (χ2n) is 3.29. The molecule has 0 saturated heterocycles. The second-order valence-corrected chi connectivity index (χ2v) is 4.38. The van der Waals surface area contributed by atoms with Crippen molar-refractivity contribution in [3.05, 3.63) is 52.3 Å². The molecule has 0 amide bonds. The summed E-state index contributed by atoms with van der Waals surface area (Å²) >= 11 is 17.4. The zero-order valence-electron chi connectivity index (χ0n) is 8.66. The number of alkyl halides is 1. The highest BCUT2D eigenvalue weighted by Crippen LogP contribution is 2.29. The second kappa shape index (κ2) is 5.58. The van der Waals surface area contributed by atoms with E-state index in [4.69, 9.17) is 39.5 Å². The molecular weight excluding hydrogens is 280 g/mol. The molecule has 0 bridgehead atoms. The third-order valence-corrected chi connectivity index (χ3v) is 3.06. The molecule has 2 nitrogen and oxygen atoms in total. The first-order valence-corrected chi connectivity index (χ1v) is 6.12. The third kappa shape index (κ3) is 3.25. The molecular formula is C12H8Cl3NO. The number of hydrogen-bond acceptors (Lipinski definition) is 2. The minimum Gasteiger partial charge on any atom is -0.457 e. The first-order valence-electron chi connectivity index (χ1n) is 4.83. The van der Waals surface area contributed by atoms with Crippen LogP contribution >= 0.6 is 34.8 Å². The Balaban J connectivity index is 2.22. The van der Waals surface area contributed by atoms with Crippen molar-refractivity contribution in [2.75, 3.05) is 0 Å². The molecule has 2 aromatic rings.